The van der Waals surface area contributed by atoms with Crippen LogP contribution in [0.3, 0.4) is 0 Å². The summed E-state index contributed by atoms with van der Waals surface area (Å²) >= 11 is 5.68. The predicted molar refractivity (Wildman–Crippen MR) is 80.3 cm³/mol. The lowest BCUT2D eigenvalue weighted by Crippen LogP contribution is -2.12. The molecular formula is C10H11BrN2O3S3. The van der Waals surface area contributed by atoms with E-state index >= 15 is 0 Å². The molecule has 5 nitrogen and oxygen atoms in total. The highest BCUT2D eigenvalue weighted by atomic mass is 79.9. The number of sulfonamides is 1. The highest BCUT2D eigenvalue weighted by molar-refractivity contribution is 9.11. The number of thiazole rings is 1. The maximum Gasteiger partial charge on any atom is 0.265 e. The van der Waals surface area contributed by atoms with Gasteiger partial charge in [-0.05, 0) is 35.8 Å². The fourth-order valence-electron chi connectivity index (χ4n) is 1.35. The van der Waals surface area contributed by atoms with Crippen molar-refractivity contribution in [1.29, 1.82) is 0 Å². The van der Waals surface area contributed by atoms with Crippen molar-refractivity contribution < 1.29 is 13.5 Å². The van der Waals surface area contributed by atoms with Gasteiger partial charge in [-0.2, -0.15) is 0 Å². The molecule has 0 spiro atoms. The number of aromatic nitrogens is 1. The first kappa shape index (κ1) is 14.9. The number of anilines is 1. The molecule has 2 aromatic rings. The topological polar surface area (TPSA) is 79.3 Å². The first-order valence-corrected chi connectivity index (χ1v) is 9.10. The molecule has 9 heteroatoms. The monoisotopic (exact) mass is 382 g/mol. The maximum atomic E-state index is 12.2. The van der Waals surface area contributed by atoms with E-state index in [4.69, 9.17) is 5.11 Å². The van der Waals surface area contributed by atoms with Crippen LogP contribution in [0.1, 0.15) is 15.4 Å². The van der Waals surface area contributed by atoms with Gasteiger partial charge in [-0.25, -0.2) is 13.4 Å². The molecule has 2 heterocycles. The molecule has 0 fully saturated rings. The zero-order chi connectivity index (χ0) is 14.2. The van der Waals surface area contributed by atoms with Gasteiger partial charge in [0.1, 0.15) is 4.90 Å². The van der Waals surface area contributed by atoms with Crippen LogP contribution in [-0.2, 0) is 16.6 Å². The molecule has 0 saturated heterocycles. The second kappa shape index (κ2) is 5.49. The third-order valence-electron chi connectivity index (χ3n) is 2.40. The summed E-state index contributed by atoms with van der Waals surface area (Å²) in [5, 5.41) is 9.38. The number of thiophene rings is 1. The fourth-order valence-corrected chi connectivity index (χ4v) is 5.94. The zero-order valence-corrected chi connectivity index (χ0v) is 14.1. The number of nitrogens with zero attached hydrogens (tertiary/aromatic N) is 1. The van der Waals surface area contributed by atoms with E-state index in [0.717, 1.165) is 10.6 Å². The Kier molecular flexibility index (Phi) is 4.31. The van der Waals surface area contributed by atoms with Gasteiger partial charge in [-0.15, -0.1) is 22.7 Å². The lowest BCUT2D eigenvalue weighted by molar-refractivity contribution is 0.285. The van der Waals surface area contributed by atoms with E-state index in [1.807, 2.05) is 13.8 Å². The fraction of sp³-hybridized carbons (Fsp3) is 0.300. The largest absolute Gasteiger partial charge is 0.391 e. The summed E-state index contributed by atoms with van der Waals surface area (Å²) in [6, 6.07) is 1.45. The first-order valence-electron chi connectivity index (χ1n) is 5.19. The molecule has 104 valence electrons. The Labute approximate surface area is 127 Å². The number of aliphatic hydroxyl groups excluding tert-OH is 1. The van der Waals surface area contributed by atoms with E-state index in [1.54, 1.807) is 0 Å². The minimum absolute atomic E-state index is 0.118. The van der Waals surface area contributed by atoms with E-state index in [0.29, 0.717) is 13.8 Å². The Balaban J connectivity index is 2.34. The van der Waals surface area contributed by atoms with Gasteiger partial charge in [0.25, 0.3) is 10.0 Å². The van der Waals surface area contributed by atoms with Crippen molar-refractivity contribution >= 4 is 53.8 Å². The lowest BCUT2D eigenvalue weighted by Gasteiger charge is -2.03. The van der Waals surface area contributed by atoms with E-state index in [1.165, 1.54) is 28.7 Å². The highest BCUT2D eigenvalue weighted by Gasteiger charge is 2.22. The van der Waals surface area contributed by atoms with Crippen LogP contribution >= 0.6 is 38.6 Å². The zero-order valence-electron chi connectivity index (χ0n) is 10.1. The average Bonchev–Trinajstić information content (AvgIpc) is 2.83. The number of aryl methyl sites for hydroxylation is 2. The number of halogens is 1. The number of rotatable bonds is 4. The molecule has 2 rings (SSSR count). The van der Waals surface area contributed by atoms with Crippen molar-refractivity contribution in [2.45, 2.75) is 25.3 Å². The van der Waals surface area contributed by atoms with Gasteiger partial charge < -0.3 is 5.11 Å². The van der Waals surface area contributed by atoms with Gasteiger partial charge in [0, 0.05) is 9.75 Å². The Bertz CT molecular complexity index is 686. The molecule has 0 aromatic carbocycles. The molecular weight excluding hydrogens is 372 g/mol. The lowest BCUT2D eigenvalue weighted by atomic mass is 10.4. The summed E-state index contributed by atoms with van der Waals surface area (Å²) < 4.78 is 27.4. The van der Waals surface area contributed by atoms with Crippen LogP contribution in [0, 0.1) is 13.8 Å². The summed E-state index contributed by atoms with van der Waals surface area (Å²) in [6.07, 6.45) is 0. The van der Waals surface area contributed by atoms with Crippen LogP contribution in [0.15, 0.2) is 14.7 Å². The number of hydrogen-bond acceptors (Lipinski definition) is 6. The Hall–Kier alpha value is -0.480. The van der Waals surface area contributed by atoms with Crippen LogP contribution < -0.4 is 4.72 Å². The van der Waals surface area contributed by atoms with Gasteiger partial charge in [-0.3, -0.25) is 4.72 Å². The highest BCUT2D eigenvalue weighted by Crippen LogP contribution is 2.33. The van der Waals surface area contributed by atoms with E-state index in [9.17, 15) is 8.42 Å². The summed E-state index contributed by atoms with van der Waals surface area (Å²) in [6.45, 7) is 3.53. The van der Waals surface area contributed by atoms with E-state index in [2.05, 4.69) is 25.6 Å². The quantitative estimate of drug-likeness (QED) is 0.851. The van der Waals surface area contributed by atoms with Crippen LogP contribution in [0.2, 0.25) is 0 Å². The molecule has 0 amide bonds. The summed E-state index contributed by atoms with van der Waals surface area (Å²) in [5.74, 6) is 0. The van der Waals surface area contributed by atoms with Gasteiger partial charge in [0.05, 0.1) is 16.1 Å². The number of nitrogens with one attached hydrogen (secondary N) is 1. The SMILES string of the molecule is Cc1nc(NS(=O)(=O)c2cc(CO)sc2Br)sc1C. The van der Waals surface area contributed by atoms with Crippen LogP contribution in [0.25, 0.3) is 0 Å². The summed E-state index contributed by atoms with van der Waals surface area (Å²) in [4.78, 5) is 5.81. The molecule has 0 aliphatic rings. The second-order valence-electron chi connectivity index (χ2n) is 3.77. The van der Waals surface area contributed by atoms with Crippen molar-refractivity contribution in [1.82, 2.24) is 4.98 Å². The summed E-state index contributed by atoms with van der Waals surface area (Å²) in [7, 11) is -3.69. The number of aliphatic hydroxyl groups is 1. The Morgan fingerprint density at radius 2 is 2.11 bits per heavy atom. The van der Waals surface area contributed by atoms with Crippen LogP contribution in [0.5, 0.6) is 0 Å². The third kappa shape index (κ3) is 3.16. The van der Waals surface area contributed by atoms with Crippen LogP contribution in [0.4, 0.5) is 5.13 Å². The van der Waals surface area contributed by atoms with Gasteiger partial charge in [0.2, 0.25) is 0 Å². The van der Waals surface area contributed by atoms with Gasteiger partial charge in [0.15, 0.2) is 5.13 Å². The van der Waals surface area contributed by atoms with Crippen molar-refractivity contribution in [2.75, 3.05) is 4.72 Å². The first-order chi connectivity index (χ1) is 8.83. The molecule has 0 bridgehead atoms. The molecule has 19 heavy (non-hydrogen) atoms. The molecule has 2 N–H and O–H groups in total. The normalized spacial score (nSPS) is 11.8. The molecule has 0 saturated carbocycles. The molecule has 0 radical (unpaired) electrons. The van der Waals surface area contributed by atoms with E-state index in [-0.39, 0.29) is 11.5 Å². The Morgan fingerprint density at radius 1 is 1.42 bits per heavy atom. The van der Waals surface area contributed by atoms with E-state index < -0.39 is 10.0 Å². The smallest absolute Gasteiger partial charge is 0.265 e. The van der Waals surface area contributed by atoms with Gasteiger partial charge in [-0.1, -0.05) is 0 Å². The third-order valence-corrected chi connectivity index (χ3v) is 7.10. The Morgan fingerprint density at radius 3 is 2.58 bits per heavy atom. The molecule has 0 aliphatic heterocycles. The van der Waals surface area contributed by atoms with Crippen molar-refractivity contribution in [3.8, 4) is 0 Å². The van der Waals surface area contributed by atoms with Crippen LogP contribution in [-0.4, -0.2) is 18.5 Å². The molecule has 0 atom stereocenters. The second-order valence-corrected chi connectivity index (χ2v) is 9.08. The van der Waals surface area contributed by atoms with Crippen molar-refractivity contribution in [2.24, 2.45) is 0 Å². The van der Waals surface area contributed by atoms with Crippen molar-refractivity contribution in [3.05, 3.63) is 25.3 Å². The number of hydrogen-bond donors (Lipinski definition) is 2. The molecule has 0 aliphatic carbocycles. The van der Waals surface area contributed by atoms with Gasteiger partial charge >= 0.3 is 0 Å². The average molecular weight is 383 g/mol. The summed E-state index contributed by atoms with van der Waals surface area (Å²) in [5.41, 5.74) is 0.808. The molecule has 0 unspecified atom stereocenters. The molecule has 2 aromatic heterocycles. The maximum absolute atomic E-state index is 12.2. The minimum atomic E-state index is -3.69. The minimum Gasteiger partial charge on any atom is -0.391 e. The predicted octanol–water partition coefficient (Wildman–Crippen LogP) is 2.88. The standard InChI is InChI=1S/C10H11BrN2O3S3/c1-5-6(2)17-10(12-5)13-19(15,16)8-3-7(4-14)18-9(8)11/h3,14H,4H2,1-2H3,(H,12,13). The van der Waals surface area contributed by atoms with Crippen molar-refractivity contribution in [3.63, 3.8) is 0 Å².